The summed E-state index contributed by atoms with van der Waals surface area (Å²) in [5.74, 6) is 1.55. The molecule has 0 aromatic heterocycles. The molecule has 1 nitrogen and oxygen atoms in total. The second-order valence-electron chi connectivity index (χ2n) is 5.64. The Labute approximate surface area is 111 Å². The molecule has 0 heterocycles. The van der Waals surface area contributed by atoms with Gasteiger partial charge in [0.25, 0.3) is 0 Å². The van der Waals surface area contributed by atoms with E-state index in [9.17, 15) is 0 Å². The summed E-state index contributed by atoms with van der Waals surface area (Å²) in [5.41, 5.74) is 2.93. The molecule has 1 aliphatic rings. The summed E-state index contributed by atoms with van der Waals surface area (Å²) in [6, 6.07) is 11.5. The van der Waals surface area contributed by atoms with Gasteiger partial charge in [0.05, 0.1) is 0 Å². The number of allylic oxidation sites excluding steroid dienone is 1. The lowest BCUT2D eigenvalue weighted by Crippen LogP contribution is -2.30. The van der Waals surface area contributed by atoms with E-state index in [1.54, 1.807) is 0 Å². The molecule has 1 aliphatic carbocycles. The Morgan fingerprint density at radius 1 is 1.33 bits per heavy atom. The zero-order chi connectivity index (χ0) is 13.0. The molecule has 1 fully saturated rings. The maximum absolute atomic E-state index is 3.69. The Morgan fingerprint density at radius 2 is 2.06 bits per heavy atom. The molecule has 3 unspecified atom stereocenters. The molecular weight excluding hydrogens is 218 g/mol. The van der Waals surface area contributed by atoms with Crippen molar-refractivity contribution in [3.8, 4) is 0 Å². The molecule has 2 rings (SSSR count). The molecule has 0 aliphatic heterocycles. The predicted molar refractivity (Wildman–Crippen MR) is 78.8 cm³/mol. The molecule has 0 bridgehead atoms. The third kappa shape index (κ3) is 3.46. The first-order valence-electron chi connectivity index (χ1n) is 7.15. The minimum absolute atomic E-state index is 0.556. The second kappa shape index (κ2) is 6.19. The average Bonchev–Trinajstić information content (AvgIpc) is 3.15. The van der Waals surface area contributed by atoms with Crippen molar-refractivity contribution in [2.75, 3.05) is 6.54 Å². The zero-order valence-electron chi connectivity index (χ0n) is 11.8. The third-order valence-corrected chi connectivity index (χ3v) is 3.67. The fourth-order valence-corrected chi connectivity index (χ4v) is 2.70. The van der Waals surface area contributed by atoms with Crippen molar-refractivity contribution in [3.63, 3.8) is 0 Å². The first-order valence-corrected chi connectivity index (χ1v) is 7.15. The minimum Gasteiger partial charge on any atom is -0.310 e. The number of hydrogen-bond donors (Lipinski definition) is 1. The molecule has 1 saturated carbocycles. The van der Waals surface area contributed by atoms with E-state index in [2.05, 4.69) is 62.5 Å². The molecule has 1 aromatic rings. The summed E-state index contributed by atoms with van der Waals surface area (Å²) in [7, 11) is 0. The van der Waals surface area contributed by atoms with Gasteiger partial charge in [0.2, 0.25) is 0 Å². The Bertz CT molecular complexity index is 389. The van der Waals surface area contributed by atoms with Crippen molar-refractivity contribution >= 4 is 0 Å². The third-order valence-electron chi connectivity index (χ3n) is 3.67. The van der Waals surface area contributed by atoms with Crippen LogP contribution in [0, 0.1) is 5.92 Å². The average molecular weight is 243 g/mol. The van der Waals surface area contributed by atoms with Crippen molar-refractivity contribution in [1.82, 2.24) is 5.32 Å². The van der Waals surface area contributed by atoms with Gasteiger partial charge in [0.15, 0.2) is 0 Å². The summed E-state index contributed by atoms with van der Waals surface area (Å²) in [5, 5.41) is 3.69. The fraction of sp³-hybridized carbons (Fsp3) is 0.529. The quantitative estimate of drug-likeness (QED) is 0.741. The zero-order valence-corrected chi connectivity index (χ0v) is 11.8. The molecule has 98 valence electrons. The largest absolute Gasteiger partial charge is 0.310 e. The topological polar surface area (TPSA) is 12.0 Å². The van der Waals surface area contributed by atoms with E-state index in [1.807, 2.05) is 0 Å². The molecule has 1 N–H and O–H groups in total. The van der Waals surface area contributed by atoms with Gasteiger partial charge in [0, 0.05) is 6.04 Å². The summed E-state index contributed by atoms with van der Waals surface area (Å²) in [6.45, 7) is 7.74. The van der Waals surface area contributed by atoms with Crippen LogP contribution >= 0.6 is 0 Å². The van der Waals surface area contributed by atoms with Gasteiger partial charge >= 0.3 is 0 Å². The molecule has 0 radical (unpaired) electrons. The van der Waals surface area contributed by atoms with Crippen LogP contribution < -0.4 is 5.32 Å². The maximum atomic E-state index is 3.69. The van der Waals surface area contributed by atoms with Gasteiger partial charge in [-0.05, 0) is 50.6 Å². The van der Waals surface area contributed by atoms with Gasteiger partial charge in [-0.2, -0.15) is 0 Å². The van der Waals surface area contributed by atoms with Crippen molar-refractivity contribution < 1.29 is 0 Å². The summed E-state index contributed by atoms with van der Waals surface area (Å²) in [4.78, 5) is 0. The Kier molecular flexibility index (Phi) is 4.60. The van der Waals surface area contributed by atoms with Gasteiger partial charge in [-0.15, -0.1) is 0 Å². The standard InChI is InChI=1S/C17H25N/c1-4-10-18-17(11-13(2)3)16-12-15(16)14-8-6-5-7-9-14/h5-9,11,15-18H,4,10,12H2,1-3H3. The number of hydrogen-bond acceptors (Lipinski definition) is 1. The molecule has 1 heteroatoms. The van der Waals surface area contributed by atoms with E-state index in [0.29, 0.717) is 6.04 Å². The van der Waals surface area contributed by atoms with E-state index >= 15 is 0 Å². The van der Waals surface area contributed by atoms with E-state index in [0.717, 1.165) is 18.4 Å². The van der Waals surface area contributed by atoms with Crippen LogP contribution in [0.25, 0.3) is 0 Å². The lowest BCUT2D eigenvalue weighted by atomic mass is 10.0. The molecule has 18 heavy (non-hydrogen) atoms. The van der Waals surface area contributed by atoms with Crippen LogP contribution in [0.1, 0.15) is 45.1 Å². The Balaban J connectivity index is 1.99. The molecular formula is C17H25N. The van der Waals surface area contributed by atoms with Gasteiger partial charge in [-0.3, -0.25) is 0 Å². The highest BCUT2D eigenvalue weighted by Gasteiger charge is 2.42. The first kappa shape index (κ1) is 13.4. The van der Waals surface area contributed by atoms with Gasteiger partial charge in [0.1, 0.15) is 0 Å². The van der Waals surface area contributed by atoms with Crippen molar-refractivity contribution in [3.05, 3.63) is 47.5 Å². The van der Waals surface area contributed by atoms with Crippen LogP contribution in [0.5, 0.6) is 0 Å². The summed E-state index contributed by atoms with van der Waals surface area (Å²) in [6.07, 6.45) is 4.94. The fourth-order valence-electron chi connectivity index (χ4n) is 2.70. The van der Waals surface area contributed by atoms with Crippen LogP contribution in [-0.4, -0.2) is 12.6 Å². The van der Waals surface area contributed by atoms with Gasteiger partial charge < -0.3 is 5.32 Å². The summed E-state index contributed by atoms with van der Waals surface area (Å²) < 4.78 is 0. The lowest BCUT2D eigenvalue weighted by molar-refractivity contribution is 0.526. The highest BCUT2D eigenvalue weighted by Crippen LogP contribution is 2.49. The molecule has 3 atom stereocenters. The predicted octanol–water partition coefficient (Wildman–Crippen LogP) is 4.12. The highest BCUT2D eigenvalue weighted by atomic mass is 14.9. The normalized spacial score (nSPS) is 23.5. The SMILES string of the molecule is CCCNC(C=C(C)C)C1CC1c1ccccc1. The van der Waals surface area contributed by atoms with Crippen LogP contribution in [0.3, 0.4) is 0 Å². The van der Waals surface area contributed by atoms with E-state index in [-0.39, 0.29) is 0 Å². The minimum atomic E-state index is 0.556. The van der Waals surface area contributed by atoms with Crippen molar-refractivity contribution in [1.29, 1.82) is 0 Å². The van der Waals surface area contributed by atoms with E-state index < -0.39 is 0 Å². The smallest absolute Gasteiger partial charge is 0.0286 e. The number of rotatable bonds is 6. The van der Waals surface area contributed by atoms with Crippen molar-refractivity contribution in [2.45, 2.75) is 45.6 Å². The van der Waals surface area contributed by atoms with Crippen LogP contribution in [0.4, 0.5) is 0 Å². The number of nitrogens with one attached hydrogen (secondary N) is 1. The Morgan fingerprint density at radius 3 is 2.67 bits per heavy atom. The highest BCUT2D eigenvalue weighted by molar-refractivity contribution is 5.28. The molecule has 0 saturated heterocycles. The maximum Gasteiger partial charge on any atom is 0.0286 e. The van der Waals surface area contributed by atoms with E-state index in [1.165, 1.54) is 24.0 Å². The van der Waals surface area contributed by atoms with Crippen LogP contribution in [-0.2, 0) is 0 Å². The van der Waals surface area contributed by atoms with Crippen LogP contribution in [0.2, 0.25) is 0 Å². The molecule has 0 amide bonds. The summed E-state index contributed by atoms with van der Waals surface area (Å²) >= 11 is 0. The van der Waals surface area contributed by atoms with E-state index in [4.69, 9.17) is 0 Å². The Hall–Kier alpha value is -1.08. The number of benzene rings is 1. The first-order chi connectivity index (χ1) is 8.72. The van der Waals surface area contributed by atoms with Gasteiger partial charge in [-0.25, -0.2) is 0 Å². The van der Waals surface area contributed by atoms with Crippen LogP contribution in [0.15, 0.2) is 42.0 Å². The monoisotopic (exact) mass is 243 g/mol. The molecule has 1 aromatic carbocycles. The molecule has 0 spiro atoms. The van der Waals surface area contributed by atoms with Gasteiger partial charge in [-0.1, -0.05) is 48.9 Å². The lowest BCUT2D eigenvalue weighted by Gasteiger charge is -2.15. The second-order valence-corrected chi connectivity index (χ2v) is 5.64. The van der Waals surface area contributed by atoms with Crippen molar-refractivity contribution in [2.24, 2.45) is 5.92 Å².